The van der Waals surface area contributed by atoms with Gasteiger partial charge in [0.25, 0.3) is 0 Å². The summed E-state index contributed by atoms with van der Waals surface area (Å²) in [5.74, 6) is -0.00193. The van der Waals surface area contributed by atoms with Gasteiger partial charge in [0.05, 0.1) is 17.7 Å². The summed E-state index contributed by atoms with van der Waals surface area (Å²) in [5.41, 5.74) is 0.332. The van der Waals surface area contributed by atoms with Gasteiger partial charge in [0.2, 0.25) is 5.88 Å². The number of fused-ring (bicyclic) bond motifs is 1. The first-order chi connectivity index (χ1) is 10.4. The van der Waals surface area contributed by atoms with Gasteiger partial charge < -0.3 is 9.64 Å². The lowest BCUT2D eigenvalue weighted by Crippen LogP contribution is -2.21. The maximum Gasteiger partial charge on any atom is 0.417 e. The summed E-state index contributed by atoms with van der Waals surface area (Å²) in [7, 11) is 0. The quantitative estimate of drug-likeness (QED) is 0.813. The van der Waals surface area contributed by atoms with Crippen molar-refractivity contribution in [2.24, 2.45) is 0 Å². The monoisotopic (exact) mass is 312 g/mol. The Morgan fingerprint density at radius 3 is 2.32 bits per heavy atom. The molecule has 120 valence electrons. The Hall–Kier alpha value is -1.98. The van der Waals surface area contributed by atoms with Gasteiger partial charge in [0, 0.05) is 30.2 Å². The molecule has 1 heterocycles. The third kappa shape index (κ3) is 3.26. The second-order valence-corrected chi connectivity index (χ2v) is 4.81. The average molecular weight is 312 g/mol. The number of nitrogens with zero attached hydrogens (tertiary/aromatic N) is 2. The molecule has 0 atom stereocenters. The number of alkyl halides is 3. The second-order valence-electron chi connectivity index (χ2n) is 4.81. The maximum atomic E-state index is 13.3. The molecule has 0 aliphatic rings. The van der Waals surface area contributed by atoms with Gasteiger partial charge in [-0.05, 0) is 39.0 Å². The van der Waals surface area contributed by atoms with Crippen molar-refractivity contribution in [1.29, 1.82) is 0 Å². The standard InChI is InChI=1S/C16H19F3N2O/c1-4-21(5-2)11-7-8-14-12(9-11)13(16(17,18)19)10-15(20-14)22-6-3/h7-10H,4-6H2,1-3H3. The van der Waals surface area contributed by atoms with Crippen LogP contribution in [0.1, 0.15) is 26.3 Å². The maximum absolute atomic E-state index is 13.3. The lowest BCUT2D eigenvalue weighted by molar-refractivity contribution is -0.136. The molecule has 0 spiro atoms. The molecule has 3 nitrogen and oxygen atoms in total. The van der Waals surface area contributed by atoms with E-state index in [2.05, 4.69) is 4.98 Å². The van der Waals surface area contributed by atoms with Crippen LogP contribution in [0.5, 0.6) is 5.88 Å². The van der Waals surface area contributed by atoms with Crippen molar-refractivity contribution in [3.63, 3.8) is 0 Å². The van der Waals surface area contributed by atoms with Gasteiger partial charge in [-0.1, -0.05) is 0 Å². The van der Waals surface area contributed by atoms with E-state index in [4.69, 9.17) is 4.74 Å². The van der Waals surface area contributed by atoms with Gasteiger partial charge in [-0.15, -0.1) is 0 Å². The van der Waals surface area contributed by atoms with Crippen LogP contribution in [0.3, 0.4) is 0 Å². The van der Waals surface area contributed by atoms with Crippen molar-refractivity contribution < 1.29 is 17.9 Å². The Morgan fingerprint density at radius 1 is 1.09 bits per heavy atom. The third-order valence-electron chi connectivity index (χ3n) is 3.49. The molecule has 2 aromatic rings. The first-order valence-electron chi connectivity index (χ1n) is 7.30. The molecule has 22 heavy (non-hydrogen) atoms. The molecule has 0 aliphatic carbocycles. The van der Waals surface area contributed by atoms with E-state index in [1.165, 1.54) is 0 Å². The van der Waals surface area contributed by atoms with Crippen LogP contribution in [0.2, 0.25) is 0 Å². The van der Waals surface area contributed by atoms with Gasteiger partial charge >= 0.3 is 6.18 Å². The van der Waals surface area contributed by atoms with Crippen molar-refractivity contribution in [2.45, 2.75) is 26.9 Å². The lowest BCUT2D eigenvalue weighted by atomic mass is 10.1. The summed E-state index contributed by atoms with van der Waals surface area (Å²) in [6.07, 6.45) is -4.45. The Labute approximate surface area is 127 Å². The predicted molar refractivity (Wildman–Crippen MR) is 81.5 cm³/mol. The molecule has 0 radical (unpaired) electrons. The van der Waals surface area contributed by atoms with Crippen molar-refractivity contribution in [3.8, 4) is 5.88 Å². The Morgan fingerprint density at radius 2 is 1.77 bits per heavy atom. The number of benzene rings is 1. The first-order valence-corrected chi connectivity index (χ1v) is 7.30. The number of halogens is 3. The lowest BCUT2D eigenvalue weighted by Gasteiger charge is -2.22. The Balaban J connectivity index is 2.66. The average Bonchev–Trinajstić information content (AvgIpc) is 2.47. The fourth-order valence-electron chi connectivity index (χ4n) is 2.43. The second kappa shape index (κ2) is 6.42. The zero-order valence-corrected chi connectivity index (χ0v) is 12.9. The van der Waals surface area contributed by atoms with E-state index >= 15 is 0 Å². The zero-order valence-electron chi connectivity index (χ0n) is 12.9. The number of rotatable bonds is 5. The SMILES string of the molecule is CCOc1cc(C(F)(F)F)c2cc(N(CC)CC)ccc2n1. The van der Waals surface area contributed by atoms with Crippen LogP contribution >= 0.6 is 0 Å². The van der Waals surface area contributed by atoms with Crippen LogP contribution in [-0.4, -0.2) is 24.7 Å². The van der Waals surface area contributed by atoms with Crippen LogP contribution in [-0.2, 0) is 6.18 Å². The van der Waals surface area contributed by atoms with Crippen LogP contribution < -0.4 is 9.64 Å². The predicted octanol–water partition coefficient (Wildman–Crippen LogP) is 4.50. The third-order valence-corrected chi connectivity index (χ3v) is 3.49. The largest absolute Gasteiger partial charge is 0.478 e. The topological polar surface area (TPSA) is 25.4 Å². The minimum atomic E-state index is -4.45. The van der Waals surface area contributed by atoms with E-state index in [-0.39, 0.29) is 23.4 Å². The number of hydrogen-bond donors (Lipinski definition) is 0. The van der Waals surface area contributed by atoms with E-state index in [1.54, 1.807) is 25.1 Å². The van der Waals surface area contributed by atoms with Gasteiger partial charge in [-0.25, -0.2) is 4.98 Å². The minimum Gasteiger partial charge on any atom is -0.478 e. The highest BCUT2D eigenvalue weighted by molar-refractivity contribution is 5.87. The summed E-state index contributed by atoms with van der Waals surface area (Å²) in [4.78, 5) is 6.15. The molecule has 0 N–H and O–H groups in total. The summed E-state index contributed by atoms with van der Waals surface area (Å²) in [6, 6.07) is 5.92. The van der Waals surface area contributed by atoms with E-state index < -0.39 is 11.7 Å². The molecule has 0 amide bonds. The summed E-state index contributed by atoms with van der Waals surface area (Å²) >= 11 is 0. The highest BCUT2D eigenvalue weighted by Crippen LogP contribution is 2.37. The molecule has 0 unspecified atom stereocenters. The van der Waals surface area contributed by atoms with E-state index in [0.29, 0.717) is 0 Å². The van der Waals surface area contributed by atoms with Crippen molar-refractivity contribution in [1.82, 2.24) is 4.98 Å². The van der Waals surface area contributed by atoms with Crippen LogP contribution in [0.15, 0.2) is 24.3 Å². The van der Waals surface area contributed by atoms with Crippen molar-refractivity contribution in [2.75, 3.05) is 24.6 Å². The number of hydrogen-bond acceptors (Lipinski definition) is 3. The number of pyridine rings is 1. The smallest absolute Gasteiger partial charge is 0.417 e. The molecule has 0 fully saturated rings. The molecule has 2 rings (SSSR count). The van der Waals surface area contributed by atoms with Crippen molar-refractivity contribution >= 4 is 16.6 Å². The normalized spacial score (nSPS) is 11.7. The van der Waals surface area contributed by atoms with Crippen molar-refractivity contribution in [3.05, 3.63) is 29.8 Å². The summed E-state index contributed by atoms with van der Waals surface area (Å²) in [5, 5.41) is 0.0975. The first kappa shape index (κ1) is 16.4. The molecule has 1 aromatic heterocycles. The number of aromatic nitrogens is 1. The molecule has 0 saturated carbocycles. The van der Waals surface area contributed by atoms with Gasteiger partial charge in [0.1, 0.15) is 0 Å². The fraction of sp³-hybridized carbons (Fsp3) is 0.438. The highest BCUT2D eigenvalue weighted by atomic mass is 19.4. The van der Waals surface area contributed by atoms with Gasteiger partial charge in [-0.2, -0.15) is 13.2 Å². The number of ether oxygens (including phenoxy) is 1. The van der Waals surface area contributed by atoms with Gasteiger partial charge in [-0.3, -0.25) is 0 Å². The zero-order chi connectivity index (χ0) is 16.3. The van der Waals surface area contributed by atoms with E-state index in [1.807, 2.05) is 18.7 Å². The Bertz CT molecular complexity index is 652. The molecule has 0 saturated heterocycles. The van der Waals surface area contributed by atoms with E-state index in [9.17, 15) is 13.2 Å². The number of anilines is 1. The molecule has 6 heteroatoms. The van der Waals surface area contributed by atoms with E-state index in [0.717, 1.165) is 24.8 Å². The molecule has 0 aliphatic heterocycles. The van der Waals surface area contributed by atoms with Gasteiger partial charge in [0.15, 0.2) is 0 Å². The molecule has 1 aromatic carbocycles. The molecular weight excluding hydrogens is 293 g/mol. The highest BCUT2D eigenvalue weighted by Gasteiger charge is 2.34. The Kier molecular flexibility index (Phi) is 4.78. The fourth-order valence-corrected chi connectivity index (χ4v) is 2.43. The summed E-state index contributed by atoms with van der Waals surface area (Å²) < 4.78 is 45.2. The van der Waals surface area contributed by atoms with Crippen LogP contribution in [0.25, 0.3) is 10.9 Å². The minimum absolute atomic E-state index is 0.00193. The van der Waals surface area contributed by atoms with Crippen LogP contribution in [0.4, 0.5) is 18.9 Å². The summed E-state index contributed by atoms with van der Waals surface area (Å²) in [6.45, 7) is 7.38. The van der Waals surface area contributed by atoms with Crippen LogP contribution in [0, 0.1) is 0 Å². The molecule has 0 bridgehead atoms. The molecular formula is C16H19F3N2O.